The van der Waals surface area contributed by atoms with Gasteiger partial charge >= 0.3 is 0 Å². The molecule has 0 bridgehead atoms. The second-order valence-corrected chi connectivity index (χ2v) is 5.60. The zero-order valence-corrected chi connectivity index (χ0v) is 13.7. The lowest BCUT2D eigenvalue weighted by atomic mass is 10.2. The molecule has 0 fully saturated rings. The molecule has 122 valence electrons. The Hall–Kier alpha value is -3.47. The first-order chi connectivity index (χ1) is 12.3. The number of benzene rings is 1. The van der Waals surface area contributed by atoms with Crippen molar-refractivity contribution in [3.05, 3.63) is 78.6 Å². The SMILES string of the molecule is Cc1cccnc1Nc1cccc(-c2cnc(-c3ccccc3)o2)n1. The maximum atomic E-state index is 5.87. The van der Waals surface area contributed by atoms with Crippen LogP contribution in [0.3, 0.4) is 0 Å². The number of hydrogen-bond donors (Lipinski definition) is 1. The molecule has 0 radical (unpaired) electrons. The normalized spacial score (nSPS) is 10.6. The minimum absolute atomic E-state index is 0.580. The van der Waals surface area contributed by atoms with Crippen LogP contribution in [0.15, 0.2) is 77.5 Å². The molecule has 1 aromatic carbocycles. The van der Waals surface area contributed by atoms with Crippen LogP contribution < -0.4 is 5.32 Å². The molecule has 3 aromatic heterocycles. The summed E-state index contributed by atoms with van der Waals surface area (Å²) < 4.78 is 5.87. The summed E-state index contributed by atoms with van der Waals surface area (Å²) in [5, 5.41) is 3.24. The van der Waals surface area contributed by atoms with Crippen LogP contribution in [0.1, 0.15) is 5.56 Å². The fraction of sp³-hybridized carbons (Fsp3) is 0.0500. The number of rotatable bonds is 4. The van der Waals surface area contributed by atoms with E-state index in [9.17, 15) is 0 Å². The van der Waals surface area contributed by atoms with Crippen molar-refractivity contribution in [1.82, 2.24) is 15.0 Å². The van der Waals surface area contributed by atoms with Gasteiger partial charge in [0.2, 0.25) is 5.89 Å². The molecule has 0 aliphatic heterocycles. The van der Waals surface area contributed by atoms with Gasteiger partial charge in [0.15, 0.2) is 5.76 Å². The Morgan fingerprint density at radius 2 is 1.76 bits per heavy atom. The van der Waals surface area contributed by atoms with E-state index >= 15 is 0 Å². The second-order valence-electron chi connectivity index (χ2n) is 5.60. The molecule has 1 N–H and O–H groups in total. The quantitative estimate of drug-likeness (QED) is 0.580. The van der Waals surface area contributed by atoms with E-state index in [1.807, 2.05) is 67.6 Å². The van der Waals surface area contributed by atoms with E-state index in [2.05, 4.69) is 20.3 Å². The Kier molecular flexibility index (Phi) is 3.96. The lowest BCUT2D eigenvalue weighted by molar-refractivity contribution is 0.586. The predicted molar refractivity (Wildman–Crippen MR) is 97.4 cm³/mol. The Bertz CT molecular complexity index is 995. The van der Waals surface area contributed by atoms with Crippen LogP contribution in [0.2, 0.25) is 0 Å². The zero-order chi connectivity index (χ0) is 17.1. The van der Waals surface area contributed by atoms with Gasteiger partial charge in [0, 0.05) is 11.8 Å². The first-order valence-corrected chi connectivity index (χ1v) is 7.97. The summed E-state index contributed by atoms with van der Waals surface area (Å²) >= 11 is 0. The van der Waals surface area contributed by atoms with Gasteiger partial charge in [-0.3, -0.25) is 0 Å². The molecule has 0 atom stereocenters. The van der Waals surface area contributed by atoms with Crippen molar-refractivity contribution in [3.63, 3.8) is 0 Å². The first kappa shape index (κ1) is 15.1. The number of pyridine rings is 2. The number of oxazole rings is 1. The van der Waals surface area contributed by atoms with Crippen LogP contribution in [0, 0.1) is 6.92 Å². The highest BCUT2D eigenvalue weighted by Gasteiger charge is 2.10. The number of anilines is 2. The lowest BCUT2D eigenvalue weighted by Crippen LogP contribution is -1.98. The van der Waals surface area contributed by atoms with Gasteiger partial charge in [-0.15, -0.1) is 0 Å². The topological polar surface area (TPSA) is 63.8 Å². The minimum Gasteiger partial charge on any atom is -0.434 e. The number of nitrogens with zero attached hydrogens (tertiary/aromatic N) is 3. The number of aromatic nitrogens is 3. The summed E-state index contributed by atoms with van der Waals surface area (Å²) in [6.45, 7) is 2.00. The smallest absolute Gasteiger partial charge is 0.226 e. The summed E-state index contributed by atoms with van der Waals surface area (Å²) in [4.78, 5) is 13.3. The van der Waals surface area contributed by atoms with E-state index in [4.69, 9.17) is 4.42 Å². The Morgan fingerprint density at radius 3 is 2.60 bits per heavy atom. The van der Waals surface area contributed by atoms with E-state index in [0.29, 0.717) is 23.2 Å². The van der Waals surface area contributed by atoms with E-state index in [-0.39, 0.29) is 0 Å². The summed E-state index contributed by atoms with van der Waals surface area (Å²) in [6, 6.07) is 19.4. The number of nitrogens with one attached hydrogen (secondary N) is 1. The molecule has 0 saturated carbocycles. The second kappa shape index (κ2) is 6.57. The fourth-order valence-corrected chi connectivity index (χ4v) is 2.49. The van der Waals surface area contributed by atoms with Gasteiger partial charge in [-0.1, -0.05) is 30.3 Å². The van der Waals surface area contributed by atoms with E-state index in [1.54, 1.807) is 12.4 Å². The summed E-state index contributed by atoms with van der Waals surface area (Å²) in [6.07, 6.45) is 3.45. The zero-order valence-electron chi connectivity index (χ0n) is 13.7. The third-order valence-corrected chi connectivity index (χ3v) is 3.78. The highest BCUT2D eigenvalue weighted by Crippen LogP contribution is 2.26. The fourth-order valence-electron chi connectivity index (χ4n) is 2.49. The van der Waals surface area contributed by atoms with E-state index in [0.717, 1.165) is 16.9 Å². The Balaban J connectivity index is 1.62. The monoisotopic (exact) mass is 328 g/mol. The van der Waals surface area contributed by atoms with Crippen molar-refractivity contribution in [2.45, 2.75) is 6.92 Å². The predicted octanol–water partition coefficient (Wildman–Crippen LogP) is 4.85. The first-order valence-electron chi connectivity index (χ1n) is 7.97. The molecule has 0 amide bonds. The van der Waals surface area contributed by atoms with Crippen LogP contribution in [-0.2, 0) is 0 Å². The summed E-state index contributed by atoms with van der Waals surface area (Å²) in [5.74, 6) is 2.70. The van der Waals surface area contributed by atoms with Crippen LogP contribution in [0.4, 0.5) is 11.6 Å². The van der Waals surface area contributed by atoms with Gasteiger partial charge < -0.3 is 9.73 Å². The van der Waals surface area contributed by atoms with Crippen molar-refractivity contribution in [3.8, 4) is 22.9 Å². The minimum atomic E-state index is 0.580. The van der Waals surface area contributed by atoms with Crippen LogP contribution in [-0.4, -0.2) is 15.0 Å². The third kappa shape index (κ3) is 3.26. The van der Waals surface area contributed by atoms with Gasteiger partial charge in [-0.2, -0.15) is 0 Å². The van der Waals surface area contributed by atoms with Gasteiger partial charge in [0.1, 0.15) is 17.3 Å². The van der Waals surface area contributed by atoms with E-state index in [1.165, 1.54) is 0 Å². The average Bonchev–Trinajstić information content (AvgIpc) is 3.15. The standard InChI is InChI=1S/C20H16N4O/c1-14-7-6-12-21-19(14)24-18-11-5-10-16(23-18)17-13-22-20(25-17)15-8-3-2-4-9-15/h2-13H,1H3,(H,21,23,24). The average molecular weight is 328 g/mol. The molecular formula is C20H16N4O. The van der Waals surface area contributed by atoms with Crippen molar-refractivity contribution >= 4 is 11.6 Å². The Labute approximate surface area is 145 Å². The lowest BCUT2D eigenvalue weighted by Gasteiger charge is -2.07. The molecule has 0 unspecified atom stereocenters. The number of hydrogen-bond acceptors (Lipinski definition) is 5. The van der Waals surface area contributed by atoms with Crippen molar-refractivity contribution in [1.29, 1.82) is 0 Å². The Morgan fingerprint density at radius 1 is 0.880 bits per heavy atom. The van der Waals surface area contributed by atoms with Crippen molar-refractivity contribution in [2.24, 2.45) is 0 Å². The molecule has 3 heterocycles. The molecule has 0 aliphatic carbocycles. The van der Waals surface area contributed by atoms with Crippen molar-refractivity contribution < 1.29 is 4.42 Å². The summed E-state index contributed by atoms with van der Waals surface area (Å²) in [7, 11) is 0. The highest BCUT2D eigenvalue weighted by molar-refractivity contribution is 5.62. The molecule has 0 aliphatic rings. The molecule has 0 saturated heterocycles. The van der Waals surface area contributed by atoms with Crippen LogP contribution in [0.25, 0.3) is 22.9 Å². The molecule has 0 spiro atoms. The molecule has 5 nitrogen and oxygen atoms in total. The van der Waals surface area contributed by atoms with Crippen molar-refractivity contribution in [2.75, 3.05) is 5.32 Å². The largest absolute Gasteiger partial charge is 0.434 e. The summed E-state index contributed by atoms with van der Waals surface area (Å²) in [5.41, 5.74) is 2.71. The van der Waals surface area contributed by atoms with Gasteiger partial charge in [0.05, 0.1) is 6.20 Å². The number of aryl methyl sites for hydroxylation is 1. The maximum Gasteiger partial charge on any atom is 0.226 e. The van der Waals surface area contributed by atoms with Crippen LogP contribution in [0.5, 0.6) is 0 Å². The van der Waals surface area contributed by atoms with Crippen LogP contribution >= 0.6 is 0 Å². The van der Waals surface area contributed by atoms with Gasteiger partial charge in [0.25, 0.3) is 0 Å². The molecule has 4 aromatic rings. The molecule has 5 heteroatoms. The van der Waals surface area contributed by atoms with Gasteiger partial charge in [-0.25, -0.2) is 15.0 Å². The molecular weight excluding hydrogens is 312 g/mol. The van der Waals surface area contributed by atoms with Gasteiger partial charge in [-0.05, 0) is 42.8 Å². The maximum absolute atomic E-state index is 5.87. The molecule has 25 heavy (non-hydrogen) atoms. The highest BCUT2D eigenvalue weighted by atomic mass is 16.4. The van der Waals surface area contributed by atoms with E-state index < -0.39 is 0 Å². The molecule has 4 rings (SSSR count). The third-order valence-electron chi connectivity index (χ3n) is 3.78.